The molecule has 0 saturated carbocycles. The Kier molecular flexibility index (Phi) is 4.69. The van der Waals surface area contributed by atoms with Gasteiger partial charge in [-0.25, -0.2) is 4.99 Å². The summed E-state index contributed by atoms with van der Waals surface area (Å²) in [7, 11) is -3.78. The molecule has 1 atom stereocenters. The molecule has 0 amide bonds. The minimum Gasteiger partial charge on any atom is -0.475 e. The maximum atomic E-state index is 12.2. The van der Waals surface area contributed by atoms with Gasteiger partial charge in [-0.2, -0.15) is 8.42 Å². The van der Waals surface area contributed by atoms with Crippen molar-refractivity contribution >= 4 is 16.0 Å². The van der Waals surface area contributed by atoms with Gasteiger partial charge in [0.25, 0.3) is 10.1 Å². The molecule has 24 heavy (non-hydrogen) atoms. The highest BCUT2D eigenvalue weighted by atomic mass is 32.2. The molecule has 0 N–H and O–H groups in total. The first-order valence-corrected chi connectivity index (χ1v) is 9.08. The number of hydrogen-bond donors (Lipinski definition) is 0. The lowest BCUT2D eigenvalue weighted by Crippen LogP contribution is -2.18. The summed E-state index contributed by atoms with van der Waals surface area (Å²) in [5.41, 5.74) is 3.02. The molecule has 5 nitrogen and oxygen atoms in total. The van der Waals surface area contributed by atoms with E-state index in [0.29, 0.717) is 12.5 Å². The van der Waals surface area contributed by atoms with Gasteiger partial charge in [0.05, 0.1) is 11.5 Å². The lowest BCUT2D eigenvalue weighted by molar-refractivity contribution is 0.246. The highest BCUT2D eigenvalue weighted by Gasteiger charge is 2.24. The van der Waals surface area contributed by atoms with E-state index in [0.717, 1.165) is 16.7 Å². The third-order valence-corrected chi connectivity index (χ3v) is 5.03. The van der Waals surface area contributed by atoms with Crippen molar-refractivity contribution in [3.8, 4) is 0 Å². The second kappa shape index (κ2) is 6.75. The number of aliphatic imine (C=N–C) groups is 1. The van der Waals surface area contributed by atoms with Crippen molar-refractivity contribution in [1.29, 1.82) is 0 Å². The normalized spacial score (nSPS) is 17.4. The monoisotopic (exact) mass is 345 g/mol. The summed E-state index contributed by atoms with van der Waals surface area (Å²) in [5, 5.41) is 0. The van der Waals surface area contributed by atoms with E-state index in [1.54, 1.807) is 12.1 Å². The minimum atomic E-state index is -3.78. The van der Waals surface area contributed by atoms with Crippen LogP contribution in [0.4, 0.5) is 0 Å². The first kappa shape index (κ1) is 16.7. The van der Waals surface area contributed by atoms with E-state index in [1.807, 2.05) is 38.1 Å². The molecule has 126 valence electrons. The van der Waals surface area contributed by atoms with Gasteiger partial charge >= 0.3 is 0 Å². The van der Waals surface area contributed by atoms with E-state index in [-0.39, 0.29) is 17.5 Å². The number of nitrogens with zero attached hydrogens (tertiary/aromatic N) is 1. The number of rotatable bonds is 5. The fourth-order valence-corrected chi connectivity index (χ4v) is 3.24. The summed E-state index contributed by atoms with van der Waals surface area (Å²) < 4.78 is 35.0. The van der Waals surface area contributed by atoms with Gasteiger partial charge in [-0.05, 0) is 38.1 Å². The van der Waals surface area contributed by atoms with Crippen LogP contribution in [-0.4, -0.2) is 33.6 Å². The van der Waals surface area contributed by atoms with Crippen LogP contribution < -0.4 is 0 Å². The number of hydrogen-bond acceptors (Lipinski definition) is 5. The molecule has 0 spiro atoms. The SMILES string of the molecule is Cc1ccc(C2=NC(COS(=O)(=O)c3ccc(C)cc3)CO2)cc1. The molecule has 1 heterocycles. The average Bonchev–Trinajstić information content (AvgIpc) is 3.03. The average molecular weight is 345 g/mol. The van der Waals surface area contributed by atoms with Crippen molar-refractivity contribution in [2.45, 2.75) is 24.8 Å². The van der Waals surface area contributed by atoms with Crippen LogP contribution in [0.15, 0.2) is 58.4 Å². The van der Waals surface area contributed by atoms with E-state index >= 15 is 0 Å². The predicted octanol–water partition coefficient (Wildman–Crippen LogP) is 2.85. The fraction of sp³-hybridized carbons (Fsp3) is 0.278. The van der Waals surface area contributed by atoms with Crippen molar-refractivity contribution in [3.05, 3.63) is 65.2 Å². The molecular weight excluding hydrogens is 326 g/mol. The van der Waals surface area contributed by atoms with Crippen LogP contribution in [0.5, 0.6) is 0 Å². The first-order chi connectivity index (χ1) is 11.4. The highest BCUT2D eigenvalue weighted by Crippen LogP contribution is 2.17. The van der Waals surface area contributed by atoms with Gasteiger partial charge in [0, 0.05) is 5.56 Å². The van der Waals surface area contributed by atoms with Crippen LogP contribution in [0.2, 0.25) is 0 Å². The Morgan fingerprint density at radius 2 is 1.62 bits per heavy atom. The molecule has 3 rings (SSSR count). The van der Waals surface area contributed by atoms with Crippen molar-refractivity contribution < 1.29 is 17.3 Å². The number of aryl methyl sites for hydroxylation is 2. The summed E-state index contributed by atoms with van der Waals surface area (Å²) >= 11 is 0. The van der Waals surface area contributed by atoms with Crippen LogP contribution in [-0.2, 0) is 19.0 Å². The zero-order valence-electron chi connectivity index (χ0n) is 13.6. The number of benzene rings is 2. The van der Waals surface area contributed by atoms with E-state index < -0.39 is 10.1 Å². The molecular formula is C18H19NO4S. The molecule has 1 aliphatic heterocycles. The molecule has 1 unspecified atom stereocenters. The Morgan fingerprint density at radius 3 is 2.25 bits per heavy atom. The Bertz CT molecular complexity index is 840. The fourth-order valence-electron chi connectivity index (χ4n) is 2.30. The molecule has 2 aromatic carbocycles. The van der Waals surface area contributed by atoms with Crippen molar-refractivity contribution in [2.75, 3.05) is 13.2 Å². The molecule has 0 aliphatic carbocycles. The smallest absolute Gasteiger partial charge is 0.297 e. The third-order valence-electron chi connectivity index (χ3n) is 3.74. The second-order valence-electron chi connectivity index (χ2n) is 5.82. The van der Waals surface area contributed by atoms with Crippen LogP contribution in [0, 0.1) is 13.8 Å². The third kappa shape index (κ3) is 3.83. The van der Waals surface area contributed by atoms with E-state index in [4.69, 9.17) is 8.92 Å². The van der Waals surface area contributed by atoms with Gasteiger partial charge in [-0.1, -0.05) is 35.4 Å². The van der Waals surface area contributed by atoms with Gasteiger partial charge < -0.3 is 4.74 Å². The molecule has 6 heteroatoms. The molecule has 0 fully saturated rings. The standard InChI is InChI=1S/C18H19NO4S/c1-13-3-7-15(8-4-13)18-19-16(11-22-18)12-23-24(20,21)17-9-5-14(2)6-10-17/h3-10,16H,11-12H2,1-2H3. The van der Waals surface area contributed by atoms with Gasteiger partial charge in [0.2, 0.25) is 5.90 Å². The van der Waals surface area contributed by atoms with Crippen LogP contribution in [0.25, 0.3) is 0 Å². The summed E-state index contributed by atoms with van der Waals surface area (Å²) in [6.45, 7) is 4.18. The molecule has 0 saturated heterocycles. The summed E-state index contributed by atoms with van der Waals surface area (Å²) in [6.07, 6.45) is 0. The Morgan fingerprint density at radius 1 is 1.04 bits per heavy atom. The molecule has 0 bridgehead atoms. The first-order valence-electron chi connectivity index (χ1n) is 7.68. The van der Waals surface area contributed by atoms with Crippen LogP contribution in [0.3, 0.4) is 0 Å². The summed E-state index contributed by atoms with van der Waals surface area (Å²) in [4.78, 5) is 4.55. The Labute approximate surface area is 142 Å². The maximum absolute atomic E-state index is 12.2. The maximum Gasteiger partial charge on any atom is 0.297 e. The predicted molar refractivity (Wildman–Crippen MR) is 91.8 cm³/mol. The second-order valence-corrected chi connectivity index (χ2v) is 7.43. The van der Waals surface area contributed by atoms with E-state index in [9.17, 15) is 8.42 Å². The molecule has 2 aromatic rings. The largest absolute Gasteiger partial charge is 0.475 e. The number of ether oxygens (including phenoxy) is 1. The minimum absolute atomic E-state index is 0.0361. The highest BCUT2D eigenvalue weighted by molar-refractivity contribution is 7.86. The van der Waals surface area contributed by atoms with E-state index in [1.165, 1.54) is 12.1 Å². The molecule has 0 radical (unpaired) electrons. The summed E-state index contributed by atoms with van der Waals surface area (Å²) in [5.74, 6) is 0.524. The quantitative estimate of drug-likeness (QED) is 0.782. The zero-order chi connectivity index (χ0) is 17.2. The van der Waals surface area contributed by atoms with Crippen molar-refractivity contribution in [1.82, 2.24) is 0 Å². The van der Waals surface area contributed by atoms with E-state index in [2.05, 4.69) is 4.99 Å². The molecule has 1 aliphatic rings. The van der Waals surface area contributed by atoms with Crippen molar-refractivity contribution in [3.63, 3.8) is 0 Å². The van der Waals surface area contributed by atoms with Gasteiger partial charge in [0.15, 0.2) is 0 Å². The topological polar surface area (TPSA) is 65.0 Å². The molecule has 0 aromatic heterocycles. The Hall–Kier alpha value is -2.18. The summed E-state index contributed by atoms with van der Waals surface area (Å²) in [6, 6.07) is 14.0. The lowest BCUT2D eigenvalue weighted by Gasteiger charge is -2.07. The van der Waals surface area contributed by atoms with Crippen molar-refractivity contribution in [2.24, 2.45) is 4.99 Å². The van der Waals surface area contributed by atoms with Gasteiger partial charge in [-0.3, -0.25) is 4.18 Å². The van der Waals surface area contributed by atoms with Crippen LogP contribution in [0.1, 0.15) is 16.7 Å². The lowest BCUT2D eigenvalue weighted by atomic mass is 10.1. The Balaban J connectivity index is 1.65. The zero-order valence-corrected chi connectivity index (χ0v) is 14.4. The van der Waals surface area contributed by atoms with Gasteiger partial charge in [0.1, 0.15) is 12.6 Å². The van der Waals surface area contributed by atoms with Crippen LogP contribution >= 0.6 is 0 Å². The van der Waals surface area contributed by atoms with Gasteiger partial charge in [-0.15, -0.1) is 0 Å².